The van der Waals surface area contributed by atoms with Gasteiger partial charge in [-0.1, -0.05) is 24.3 Å². The molecule has 2 heterocycles. The van der Waals surface area contributed by atoms with Crippen LogP contribution < -0.4 is 5.32 Å². The Balaban J connectivity index is 1.63. The number of fused-ring (bicyclic) bond motifs is 1. The summed E-state index contributed by atoms with van der Waals surface area (Å²) in [6.45, 7) is -0.238. The number of hydrogen-bond acceptors (Lipinski definition) is 5. The predicted molar refractivity (Wildman–Crippen MR) is 95.4 cm³/mol. The molecule has 2 aromatic heterocycles. The molecule has 1 aromatic carbocycles. The summed E-state index contributed by atoms with van der Waals surface area (Å²) in [5.74, 6) is -1.06. The van der Waals surface area contributed by atoms with Gasteiger partial charge >= 0.3 is 6.18 Å². The zero-order chi connectivity index (χ0) is 20.4. The van der Waals surface area contributed by atoms with Crippen LogP contribution in [0.4, 0.5) is 13.2 Å². The lowest BCUT2D eigenvalue weighted by Crippen LogP contribution is -2.30. The first-order chi connectivity index (χ1) is 13.2. The van der Waals surface area contributed by atoms with E-state index in [2.05, 4.69) is 15.3 Å². The number of halogens is 3. The molecule has 0 bridgehead atoms. The minimum Gasteiger partial charge on any atom is -0.350 e. The summed E-state index contributed by atoms with van der Waals surface area (Å²) in [5.41, 5.74) is -0.911. The van der Waals surface area contributed by atoms with E-state index in [0.29, 0.717) is 12.3 Å². The number of benzene rings is 1. The van der Waals surface area contributed by atoms with Crippen LogP contribution in [-0.4, -0.2) is 36.6 Å². The Hall–Kier alpha value is -3.01. The number of nitrogens with one attached hydrogen (secondary N) is 1. The Morgan fingerprint density at radius 3 is 2.36 bits per heavy atom. The van der Waals surface area contributed by atoms with Crippen molar-refractivity contribution in [1.82, 2.24) is 15.3 Å². The highest BCUT2D eigenvalue weighted by atomic mass is 32.2. The van der Waals surface area contributed by atoms with Gasteiger partial charge < -0.3 is 5.32 Å². The van der Waals surface area contributed by atoms with Gasteiger partial charge in [-0.05, 0) is 23.6 Å². The fourth-order valence-corrected chi connectivity index (χ4v) is 3.50. The molecule has 0 atom stereocenters. The maximum absolute atomic E-state index is 12.5. The van der Waals surface area contributed by atoms with Gasteiger partial charge in [0.2, 0.25) is 0 Å². The van der Waals surface area contributed by atoms with Crippen molar-refractivity contribution in [2.24, 2.45) is 0 Å². The number of nitrogens with zero attached hydrogens (tertiary/aromatic N) is 2. The SMILES string of the molecule is O=C(NCCS(=O)(=O)c1ccc(C(F)(F)F)cn1)c1cc2ccccc2cn1. The van der Waals surface area contributed by atoms with Crippen molar-refractivity contribution in [2.75, 3.05) is 12.3 Å². The van der Waals surface area contributed by atoms with E-state index in [9.17, 15) is 26.4 Å². The number of sulfone groups is 1. The van der Waals surface area contributed by atoms with Crippen molar-refractivity contribution in [2.45, 2.75) is 11.2 Å². The van der Waals surface area contributed by atoms with Crippen LogP contribution in [0.25, 0.3) is 10.8 Å². The highest BCUT2D eigenvalue weighted by molar-refractivity contribution is 7.91. The maximum atomic E-state index is 12.5. The average Bonchev–Trinajstić information content (AvgIpc) is 2.67. The number of carbonyl (C=O) groups excluding carboxylic acids is 1. The zero-order valence-corrected chi connectivity index (χ0v) is 15.1. The van der Waals surface area contributed by atoms with Gasteiger partial charge in [-0.2, -0.15) is 13.2 Å². The number of aromatic nitrogens is 2. The number of pyridine rings is 2. The first-order valence-electron chi connectivity index (χ1n) is 8.06. The summed E-state index contributed by atoms with van der Waals surface area (Å²) in [4.78, 5) is 19.6. The second-order valence-electron chi connectivity index (χ2n) is 5.87. The first kappa shape index (κ1) is 19.7. The third-order valence-electron chi connectivity index (χ3n) is 3.90. The summed E-state index contributed by atoms with van der Waals surface area (Å²) in [7, 11) is -3.95. The monoisotopic (exact) mass is 409 g/mol. The number of amides is 1. The molecular weight excluding hydrogens is 395 g/mol. The lowest BCUT2D eigenvalue weighted by Gasteiger charge is -2.08. The van der Waals surface area contributed by atoms with E-state index >= 15 is 0 Å². The van der Waals surface area contributed by atoms with Gasteiger partial charge in [0, 0.05) is 24.3 Å². The molecule has 0 saturated carbocycles. The minimum atomic E-state index is -4.60. The fourth-order valence-electron chi connectivity index (χ4n) is 2.43. The summed E-state index contributed by atoms with van der Waals surface area (Å²) in [5, 5.41) is 3.62. The molecule has 3 aromatic rings. The molecule has 0 radical (unpaired) electrons. The third kappa shape index (κ3) is 4.45. The van der Waals surface area contributed by atoms with Crippen molar-refractivity contribution in [3.8, 4) is 0 Å². The number of hydrogen-bond donors (Lipinski definition) is 1. The Labute approximate surface area is 158 Å². The van der Waals surface area contributed by atoms with Gasteiger partial charge in [0.05, 0.1) is 11.3 Å². The summed E-state index contributed by atoms with van der Waals surface area (Å²) in [6, 6.07) is 10.3. The van der Waals surface area contributed by atoms with E-state index in [1.807, 2.05) is 24.3 Å². The second-order valence-corrected chi connectivity index (χ2v) is 7.93. The largest absolute Gasteiger partial charge is 0.417 e. The van der Waals surface area contributed by atoms with Crippen LogP contribution in [0, 0.1) is 0 Å². The molecule has 0 unspecified atom stereocenters. The molecule has 10 heteroatoms. The molecule has 28 heavy (non-hydrogen) atoms. The molecule has 0 fully saturated rings. The van der Waals surface area contributed by atoms with E-state index < -0.39 is 38.3 Å². The summed E-state index contributed by atoms with van der Waals surface area (Å²) in [6.07, 6.45) is -2.60. The normalized spacial score (nSPS) is 12.1. The van der Waals surface area contributed by atoms with Crippen LogP contribution >= 0.6 is 0 Å². The van der Waals surface area contributed by atoms with Gasteiger partial charge in [0.1, 0.15) is 5.69 Å². The Bertz CT molecular complexity index is 1110. The van der Waals surface area contributed by atoms with Crippen LogP contribution in [0.1, 0.15) is 16.1 Å². The van der Waals surface area contributed by atoms with E-state index in [-0.39, 0.29) is 12.2 Å². The molecular formula is C18H14F3N3O3S. The second kappa shape index (κ2) is 7.55. The molecule has 1 N–H and O–H groups in total. The summed E-state index contributed by atoms with van der Waals surface area (Å²) < 4.78 is 61.9. The van der Waals surface area contributed by atoms with Gasteiger partial charge in [-0.25, -0.2) is 13.4 Å². The molecule has 0 spiro atoms. The molecule has 0 aliphatic heterocycles. The molecule has 0 aliphatic rings. The lowest BCUT2D eigenvalue weighted by molar-refractivity contribution is -0.137. The standard InChI is InChI=1S/C18H14F3N3O3S/c19-18(20,21)14-5-6-16(24-11-14)28(26,27)8-7-22-17(25)15-9-12-3-1-2-4-13(12)10-23-15/h1-6,9-11H,7-8H2,(H,22,25). The van der Waals surface area contributed by atoms with Gasteiger partial charge in [0.25, 0.3) is 5.91 Å². The molecule has 3 rings (SSSR count). The zero-order valence-electron chi connectivity index (χ0n) is 14.3. The molecule has 0 saturated heterocycles. The van der Waals surface area contributed by atoms with Crippen LogP contribution in [0.5, 0.6) is 0 Å². The molecule has 6 nitrogen and oxygen atoms in total. The topological polar surface area (TPSA) is 89.0 Å². The average molecular weight is 409 g/mol. The van der Waals surface area contributed by atoms with Crippen LogP contribution in [0.2, 0.25) is 0 Å². The first-order valence-corrected chi connectivity index (χ1v) is 9.71. The Kier molecular flexibility index (Phi) is 5.32. The van der Waals surface area contributed by atoms with E-state index in [1.165, 1.54) is 6.20 Å². The number of rotatable bonds is 5. The molecule has 146 valence electrons. The quantitative estimate of drug-likeness (QED) is 0.700. The predicted octanol–water partition coefficient (Wildman–Crippen LogP) is 2.85. The van der Waals surface area contributed by atoms with E-state index in [1.54, 1.807) is 6.07 Å². The van der Waals surface area contributed by atoms with Crippen LogP contribution in [-0.2, 0) is 16.0 Å². The van der Waals surface area contributed by atoms with E-state index in [0.717, 1.165) is 16.8 Å². The molecule has 0 aliphatic carbocycles. The van der Waals surface area contributed by atoms with Gasteiger partial charge in [-0.3, -0.25) is 9.78 Å². The van der Waals surface area contributed by atoms with E-state index in [4.69, 9.17) is 0 Å². The Morgan fingerprint density at radius 2 is 1.71 bits per heavy atom. The smallest absolute Gasteiger partial charge is 0.350 e. The fraction of sp³-hybridized carbons (Fsp3) is 0.167. The third-order valence-corrected chi connectivity index (χ3v) is 5.52. The number of alkyl halides is 3. The highest BCUT2D eigenvalue weighted by Gasteiger charge is 2.31. The lowest BCUT2D eigenvalue weighted by atomic mass is 10.1. The molecule has 1 amide bonds. The van der Waals surface area contributed by atoms with Crippen molar-refractivity contribution >= 4 is 26.5 Å². The summed E-state index contributed by atoms with van der Waals surface area (Å²) >= 11 is 0. The minimum absolute atomic E-state index is 0.128. The van der Waals surface area contributed by atoms with Crippen LogP contribution in [0.3, 0.4) is 0 Å². The van der Waals surface area contributed by atoms with Crippen molar-refractivity contribution < 1.29 is 26.4 Å². The number of carbonyl (C=O) groups is 1. The maximum Gasteiger partial charge on any atom is 0.417 e. The highest BCUT2D eigenvalue weighted by Crippen LogP contribution is 2.28. The van der Waals surface area contributed by atoms with Crippen molar-refractivity contribution in [3.63, 3.8) is 0 Å². The van der Waals surface area contributed by atoms with Crippen molar-refractivity contribution in [3.05, 3.63) is 66.1 Å². The van der Waals surface area contributed by atoms with Gasteiger partial charge in [0.15, 0.2) is 14.9 Å². The van der Waals surface area contributed by atoms with Gasteiger partial charge in [-0.15, -0.1) is 0 Å². The van der Waals surface area contributed by atoms with Crippen molar-refractivity contribution in [1.29, 1.82) is 0 Å². The van der Waals surface area contributed by atoms with Crippen LogP contribution in [0.15, 0.2) is 59.9 Å². The Morgan fingerprint density at radius 1 is 1.00 bits per heavy atom.